The van der Waals surface area contributed by atoms with Gasteiger partial charge in [0.1, 0.15) is 0 Å². The maximum Gasteiger partial charge on any atom is 0.0636 e. The van der Waals surface area contributed by atoms with Gasteiger partial charge in [-0.05, 0) is 19.9 Å². The molecule has 14 heavy (non-hydrogen) atoms. The maximum absolute atomic E-state index is 4.08. The molecule has 0 amide bonds. The van der Waals surface area contributed by atoms with E-state index in [0.717, 1.165) is 5.70 Å². The monoisotopic (exact) mass is 191 g/mol. The van der Waals surface area contributed by atoms with E-state index in [4.69, 9.17) is 0 Å². The molecule has 0 heterocycles. The van der Waals surface area contributed by atoms with Gasteiger partial charge in [0.15, 0.2) is 0 Å². The molecule has 0 aliphatic rings. The fourth-order valence-corrected chi connectivity index (χ4v) is 0.762. The molecule has 0 aromatic rings. The van der Waals surface area contributed by atoms with Crippen molar-refractivity contribution in [3.63, 3.8) is 0 Å². The highest BCUT2D eigenvalue weighted by molar-refractivity contribution is 5.61. The molecular formula is C11H17N3. The summed E-state index contributed by atoms with van der Waals surface area (Å²) in [5.74, 6) is 0. The Labute approximate surface area is 85.7 Å². The molecule has 0 N–H and O–H groups in total. The number of rotatable bonds is 5. The smallest absolute Gasteiger partial charge is 0.0636 e. The van der Waals surface area contributed by atoms with Gasteiger partial charge < -0.3 is 0 Å². The molecule has 76 valence electrons. The summed E-state index contributed by atoms with van der Waals surface area (Å²) in [5.41, 5.74) is 0.927. The standard InChI is InChI=1S/C11H17N3/c1-4-6-7-9-13-10-8-11(5-2)14-12-3/h4-7,9-10H,8H2,1-3H3/b6-4-,9-7-,11-5-,13-10-,14-12-. The fraction of sp³-hybridized carbons (Fsp3) is 0.364. The van der Waals surface area contributed by atoms with Crippen LogP contribution in [0.1, 0.15) is 20.3 Å². The van der Waals surface area contributed by atoms with Gasteiger partial charge in [-0.2, -0.15) is 10.2 Å². The molecule has 0 fully saturated rings. The Hall–Kier alpha value is -1.51. The third-order valence-electron chi connectivity index (χ3n) is 1.44. The van der Waals surface area contributed by atoms with Crippen molar-refractivity contribution in [2.45, 2.75) is 20.3 Å². The Kier molecular flexibility index (Phi) is 8.54. The zero-order valence-corrected chi connectivity index (χ0v) is 9.01. The maximum atomic E-state index is 4.08. The topological polar surface area (TPSA) is 37.1 Å². The Morgan fingerprint density at radius 3 is 2.57 bits per heavy atom. The van der Waals surface area contributed by atoms with Crippen LogP contribution in [0.5, 0.6) is 0 Å². The quantitative estimate of drug-likeness (QED) is 0.362. The third kappa shape index (κ3) is 7.16. The van der Waals surface area contributed by atoms with E-state index in [1.165, 1.54) is 0 Å². The van der Waals surface area contributed by atoms with Gasteiger partial charge >= 0.3 is 0 Å². The summed E-state index contributed by atoms with van der Waals surface area (Å²) in [6.07, 6.45) is 12.0. The van der Waals surface area contributed by atoms with Crippen molar-refractivity contribution in [2.75, 3.05) is 7.05 Å². The normalized spacial score (nSPS) is 14.4. The van der Waals surface area contributed by atoms with E-state index in [2.05, 4.69) is 15.2 Å². The first-order valence-electron chi connectivity index (χ1n) is 4.59. The molecule has 0 aliphatic heterocycles. The number of aliphatic imine (C=N–C) groups is 1. The third-order valence-corrected chi connectivity index (χ3v) is 1.44. The van der Waals surface area contributed by atoms with Crippen LogP contribution in [0.3, 0.4) is 0 Å². The summed E-state index contributed by atoms with van der Waals surface area (Å²) in [6.45, 7) is 3.90. The molecule has 0 rings (SSSR count). The molecule has 0 spiro atoms. The van der Waals surface area contributed by atoms with Crippen LogP contribution in [0, 0.1) is 0 Å². The zero-order valence-electron chi connectivity index (χ0n) is 9.01. The summed E-state index contributed by atoms with van der Waals surface area (Å²) in [5, 5.41) is 7.63. The zero-order chi connectivity index (χ0) is 10.6. The minimum atomic E-state index is 0.716. The highest BCUT2D eigenvalue weighted by atomic mass is 15.1. The second kappa shape index (κ2) is 9.58. The Morgan fingerprint density at radius 2 is 2.00 bits per heavy atom. The molecule has 0 aliphatic carbocycles. The summed E-state index contributed by atoms with van der Waals surface area (Å²) >= 11 is 0. The summed E-state index contributed by atoms with van der Waals surface area (Å²) < 4.78 is 0. The lowest BCUT2D eigenvalue weighted by molar-refractivity contribution is 1.05. The number of allylic oxidation sites excluding steroid dienone is 5. The predicted octanol–water partition coefficient (Wildman–Crippen LogP) is 3.52. The van der Waals surface area contributed by atoms with Gasteiger partial charge in [-0.3, -0.25) is 4.99 Å². The first kappa shape index (κ1) is 12.5. The van der Waals surface area contributed by atoms with E-state index in [1.54, 1.807) is 13.2 Å². The van der Waals surface area contributed by atoms with Crippen molar-refractivity contribution in [2.24, 2.45) is 15.2 Å². The number of hydrogen-bond acceptors (Lipinski definition) is 3. The summed E-state index contributed by atoms with van der Waals surface area (Å²) in [6, 6.07) is 0. The second-order valence-electron chi connectivity index (χ2n) is 2.48. The molecule has 0 unspecified atom stereocenters. The number of azo groups is 1. The van der Waals surface area contributed by atoms with Crippen molar-refractivity contribution >= 4 is 6.21 Å². The van der Waals surface area contributed by atoms with E-state index in [-0.39, 0.29) is 0 Å². The largest absolute Gasteiger partial charge is 0.269 e. The molecule has 0 saturated carbocycles. The molecule has 0 atom stereocenters. The molecule has 0 saturated heterocycles. The van der Waals surface area contributed by atoms with Crippen LogP contribution in [-0.4, -0.2) is 13.3 Å². The highest BCUT2D eigenvalue weighted by Crippen LogP contribution is 2.00. The fourth-order valence-electron chi connectivity index (χ4n) is 0.762. The lowest BCUT2D eigenvalue weighted by atomic mass is 10.3. The van der Waals surface area contributed by atoms with Crippen LogP contribution in [0.15, 0.2) is 51.4 Å². The van der Waals surface area contributed by atoms with Crippen LogP contribution < -0.4 is 0 Å². The van der Waals surface area contributed by atoms with E-state index in [9.17, 15) is 0 Å². The van der Waals surface area contributed by atoms with Crippen LogP contribution >= 0.6 is 0 Å². The van der Waals surface area contributed by atoms with Gasteiger partial charge in [0.2, 0.25) is 0 Å². The van der Waals surface area contributed by atoms with E-state index < -0.39 is 0 Å². The summed E-state index contributed by atoms with van der Waals surface area (Å²) in [4.78, 5) is 4.08. The van der Waals surface area contributed by atoms with Gasteiger partial charge in [0, 0.05) is 25.9 Å². The van der Waals surface area contributed by atoms with Crippen LogP contribution in [0.25, 0.3) is 0 Å². The molecule has 0 radical (unpaired) electrons. The Morgan fingerprint density at radius 1 is 1.21 bits per heavy atom. The van der Waals surface area contributed by atoms with Crippen molar-refractivity contribution in [1.29, 1.82) is 0 Å². The van der Waals surface area contributed by atoms with Gasteiger partial charge in [0.05, 0.1) is 5.70 Å². The minimum Gasteiger partial charge on any atom is -0.269 e. The first-order valence-corrected chi connectivity index (χ1v) is 4.59. The second-order valence-corrected chi connectivity index (χ2v) is 2.48. The van der Waals surface area contributed by atoms with E-state index >= 15 is 0 Å². The van der Waals surface area contributed by atoms with Crippen molar-refractivity contribution in [3.05, 3.63) is 36.2 Å². The van der Waals surface area contributed by atoms with Crippen molar-refractivity contribution in [1.82, 2.24) is 0 Å². The van der Waals surface area contributed by atoms with Crippen molar-refractivity contribution in [3.8, 4) is 0 Å². The van der Waals surface area contributed by atoms with Crippen LogP contribution in [0.4, 0.5) is 0 Å². The van der Waals surface area contributed by atoms with E-state index in [0.29, 0.717) is 6.42 Å². The van der Waals surface area contributed by atoms with Gasteiger partial charge in [-0.15, -0.1) is 0 Å². The first-order chi connectivity index (χ1) is 6.85. The average Bonchev–Trinajstić information content (AvgIpc) is 2.21. The molecule has 3 nitrogen and oxygen atoms in total. The van der Waals surface area contributed by atoms with Gasteiger partial charge in [-0.25, -0.2) is 0 Å². The number of nitrogens with zero attached hydrogens (tertiary/aromatic N) is 3. The van der Waals surface area contributed by atoms with Crippen molar-refractivity contribution < 1.29 is 0 Å². The molecule has 3 heteroatoms. The summed E-state index contributed by atoms with van der Waals surface area (Å²) in [7, 11) is 1.66. The SMILES string of the molecule is C\C=C/C=C\N=C/CC(=C/C)/N=N\C. The lowest BCUT2D eigenvalue weighted by Crippen LogP contribution is -1.78. The van der Waals surface area contributed by atoms with Crippen LogP contribution in [0.2, 0.25) is 0 Å². The molecule has 0 aromatic carbocycles. The van der Waals surface area contributed by atoms with Gasteiger partial charge in [0.25, 0.3) is 0 Å². The highest BCUT2D eigenvalue weighted by Gasteiger charge is 1.87. The van der Waals surface area contributed by atoms with Crippen LogP contribution in [-0.2, 0) is 0 Å². The Balaban J connectivity index is 3.92. The molecular weight excluding hydrogens is 174 g/mol. The Bertz CT molecular complexity index is 270. The van der Waals surface area contributed by atoms with Gasteiger partial charge in [-0.1, -0.05) is 18.2 Å². The minimum absolute atomic E-state index is 0.716. The van der Waals surface area contributed by atoms with E-state index in [1.807, 2.05) is 44.4 Å². The lowest BCUT2D eigenvalue weighted by Gasteiger charge is -1.90. The predicted molar refractivity (Wildman–Crippen MR) is 61.6 cm³/mol. The molecule has 0 aromatic heterocycles. The number of hydrogen-bond donors (Lipinski definition) is 0. The average molecular weight is 191 g/mol. The molecule has 0 bridgehead atoms.